The van der Waals surface area contributed by atoms with Crippen molar-refractivity contribution in [3.05, 3.63) is 35.9 Å². The minimum absolute atomic E-state index is 0.273. The molecule has 120 valence electrons. The molecule has 0 saturated carbocycles. The second-order valence-corrected chi connectivity index (χ2v) is 6.39. The van der Waals surface area contributed by atoms with Crippen LogP contribution in [-0.4, -0.2) is 48.6 Å². The van der Waals surface area contributed by atoms with Gasteiger partial charge in [0.2, 0.25) is 0 Å². The van der Waals surface area contributed by atoms with Gasteiger partial charge in [-0.1, -0.05) is 30.3 Å². The highest BCUT2D eigenvalue weighted by atomic mass is 16.6. The number of hydrogen-bond donors (Lipinski definition) is 1. The molecule has 22 heavy (non-hydrogen) atoms. The van der Waals surface area contributed by atoms with Crippen LogP contribution in [0.1, 0.15) is 26.3 Å². The average molecular weight is 303 g/mol. The fourth-order valence-electron chi connectivity index (χ4n) is 2.21. The first-order valence-corrected chi connectivity index (χ1v) is 7.73. The van der Waals surface area contributed by atoms with E-state index in [-0.39, 0.29) is 6.09 Å². The molecular formula is C17H25N3O2. The van der Waals surface area contributed by atoms with Gasteiger partial charge in [0, 0.05) is 13.1 Å². The Labute approximate surface area is 132 Å². The Morgan fingerprint density at radius 3 is 2.73 bits per heavy atom. The van der Waals surface area contributed by atoms with Gasteiger partial charge >= 0.3 is 6.09 Å². The summed E-state index contributed by atoms with van der Waals surface area (Å²) in [6.45, 7) is 8.16. The zero-order valence-electron chi connectivity index (χ0n) is 13.6. The molecule has 0 fully saturated rings. The van der Waals surface area contributed by atoms with E-state index in [2.05, 4.69) is 22.4 Å². The molecule has 1 aromatic rings. The predicted octanol–water partition coefficient (Wildman–Crippen LogP) is 2.47. The Morgan fingerprint density at radius 2 is 2.05 bits per heavy atom. The summed E-state index contributed by atoms with van der Waals surface area (Å²) >= 11 is 0. The number of ether oxygens (including phenoxy) is 1. The quantitative estimate of drug-likeness (QED) is 0.933. The van der Waals surface area contributed by atoms with Gasteiger partial charge in [0.1, 0.15) is 11.4 Å². The van der Waals surface area contributed by atoms with E-state index in [1.54, 1.807) is 4.90 Å². The molecule has 1 aliphatic rings. The number of amides is 1. The molecule has 5 heteroatoms. The number of benzene rings is 1. The molecule has 1 aliphatic heterocycles. The molecule has 1 N–H and O–H groups in total. The smallest absolute Gasteiger partial charge is 0.410 e. The molecule has 0 atom stereocenters. The van der Waals surface area contributed by atoms with Crippen molar-refractivity contribution in [2.75, 3.05) is 26.2 Å². The molecule has 0 aromatic heterocycles. The van der Waals surface area contributed by atoms with Crippen LogP contribution < -0.4 is 5.32 Å². The van der Waals surface area contributed by atoms with Crippen LogP contribution in [0, 0.1) is 0 Å². The largest absolute Gasteiger partial charge is 0.444 e. The summed E-state index contributed by atoms with van der Waals surface area (Å²) in [5, 5.41) is 3.32. The second-order valence-electron chi connectivity index (χ2n) is 6.39. The molecule has 0 bridgehead atoms. The summed E-state index contributed by atoms with van der Waals surface area (Å²) in [6.07, 6.45) is 0.663. The predicted molar refractivity (Wildman–Crippen MR) is 88.3 cm³/mol. The molecule has 0 aliphatic carbocycles. The van der Waals surface area contributed by atoms with E-state index in [9.17, 15) is 4.79 Å². The molecule has 5 nitrogen and oxygen atoms in total. The van der Waals surface area contributed by atoms with Gasteiger partial charge < -0.3 is 10.1 Å². The lowest BCUT2D eigenvalue weighted by atomic mass is 10.1. The van der Waals surface area contributed by atoms with Gasteiger partial charge in [-0.15, -0.1) is 0 Å². The van der Waals surface area contributed by atoms with Crippen LogP contribution in [0.3, 0.4) is 0 Å². The van der Waals surface area contributed by atoms with E-state index < -0.39 is 5.60 Å². The number of nitrogens with zero attached hydrogens (tertiary/aromatic N) is 2. The van der Waals surface area contributed by atoms with Crippen LogP contribution in [0.2, 0.25) is 0 Å². The highest BCUT2D eigenvalue weighted by Crippen LogP contribution is 2.11. The maximum atomic E-state index is 12.1. The zero-order valence-corrected chi connectivity index (χ0v) is 13.6. The Kier molecular flexibility index (Phi) is 5.41. The number of carbonyl (C=O) groups is 1. The third-order valence-corrected chi connectivity index (χ3v) is 3.25. The van der Waals surface area contributed by atoms with Crippen LogP contribution in [0.4, 0.5) is 4.79 Å². The van der Waals surface area contributed by atoms with E-state index in [4.69, 9.17) is 4.74 Å². The molecule has 0 spiro atoms. The zero-order chi connectivity index (χ0) is 16.0. The number of hydrogen-bond acceptors (Lipinski definition) is 4. The highest BCUT2D eigenvalue weighted by Gasteiger charge is 2.24. The molecule has 1 aromatic carbocycles. The lowest BCUT2D eigenvalue weighted by Gasteiger charge is -2.29. The van der Waals surface area contributed by atoms with Crippen molar-refractivity contribution in [3.8, 4) is 0 Å². The summed E-state index contributed by atoms with van der Waals surface area (Å²) in [7, 11) is 0. The van der Waals surface area contributed by atoms with E-state index in [0.717, 1.165) is 18.8 Å². The number of rotatable bonds is 3. The van der Waals surface area contributed by atoms with E-state index >= 15 is 0 Å². The van der Waals surface area contributed by atoms with Gasteiger partial charge in [-0.3, -0.25) is 9.89 Å². The normalized spacial score (nSPS) is 15.2. The minimum atomic E-state index is -0.466. The minimum Gasteiger partial charge on any atom is -0.444 e. The fourth-order valence-corrected chi connectivity index (χ4v) is 2.21. The molecule has 2 rings (SSSR count). The van der Waals surface area contributed by atoms with E-state index in [1.165, 1.54) is 5.56 Å². The van der Waals surface area contributed by atoms with Crippen molar-refractivity contribution in [2.24, 2.45) is 4.99 Å². The first kappa shape index (κ1) is 16.3. The van der Waals surface area contributed by atoms with Crippen LogP contribution in [0.25, 0.3) is 0 Å². The van der Waals surface area contributed by atoms with E-state index in [1.807, 2.05) is 39.0 Å². The first-order chi connectivity index (χ1) is 10.4. The highest BCUT2D eigenvalue weighted by molar-refractivity contribution is 5.87. The number of carbonyl (C=O) groups excluding carboxylic acids is 1. The Hall–Kier alpha value is -2.04. The Balaban J connectivity index is 1.78. The summed E-state index contributed by atoms with van der Waals surface area (Å²) in [5.41, 5.74) is 0.822. The van der Waals surface area contributed by atoms with Gasteiger partial charge in [-0.2, -0.15) is 0 Å². The molecule has 0 saturated heterocycles. The van der Waals surface area contributed by atoms with Gasteiger partial charge in [0.15, 0.2) is 0 Å². The topological polar surface area (TPSA) is 53.9 Å². The second kappa shape index (κ2) is 7.29. The lowest BCUT2D eigenvalue weighted by Crippen LogP contribution is -2.47. The van der Waals surface area contributed by atoms with Crippen LogP contribution in [0.5, 0.6) is 0 Å². The van der Waals surface area contributed by atoms with Crippen molar-refractivity contribution in [1.82, 2.24) is 10.2 Å². The summed E-state index contributed by atoms with van der Waals surface area (Å²) in [4.78, 5) is 18.2. The van der Waals surface area contributed by atoms with Crippen molar-refractivity contribution in [3.63, 3.8) is 0 Å². The standard InChI is InChI=1S/C17H25N3O2/c1-17(2,3)22-16(21)20-12-11-19-15(13-20)18-10-9-14-7-5-4-6-8-14/h4-8H,9-13H2,1-3H3,(H,18,19). The molecule has 1 heterocycles. The third-order valence-electron chi connectivity index (χ3n) is 3.25. The SMILES string of the molecule is CC(C)(C)OC(=O)N1CCN=C(NCCc2ccccc2)C1. The lowest BCUT2D eigenvalue weighted by molar-refractivity contribution is 0.0276. The van der Waals surface area contributed by atoms with Gasteiger partial charge in [0.05, 0.1) is 13.1 Å². The molecule has 0 unspecified atom stereocenters. The Morgan fingerprint density at radius 1 is 1.32 bits per heavy atom. The monoisotopic (exact) mass is 303 g/mol. The summed E-state index contributed by atoms with van der Waals surface area (Å²) in [5.74, 6) is 0.855. The van der Waals surface area contributed by atoms with Crippen molar-refractivity contribution < 1.29 is 9.53 Å². The summed E-state index contributed by atoms with van der Waals surface area (Å²) < 4.78 is 5.40. The Bertz CT molecular complexity index is 520. The van der Waals surface area contributed by atoms with Gasteiger partial charge in [0.25, 0.3) is 0 Å². The van der Waals surface area contributed by atoms with Crippen molar-refractivity contribution in [1.29, 1.82) is 0 Å². The number of nitrogens with one attached hydrogen (secondary N) is 1. The molecule has 1 amide bonds. The van der Waals surface area contributed by atoms with Crippen molar-refractivity contribution in [2.45, 2.75) is 32.8 Å². The maximum Gasteiger partial charge on any atom is 0.410 e. The fraction of sp³-hybridized carbons (Fsp3) is 0.529. The molecule has 0 radical (unpaired) electrons. The van der Waals surface area contributed by atoms with Crippen LogP contribution in [0.15, 0.2) is 35.3 Å². The van der Waals surface area contributed by atoms with Crippen molar-refractivity contribution >= 4 is 11.9 Å². The average Bonchev–Trinajstić information content (AvgIpc) is 2.47. The first-order valence-electron chi connectivity index (χ1n) is 7.73. The third kappa shape index (κ3) is 5.39. The van der Waals surface area contributed by atoms with Crippen LogP contribution in [-0.2, 0) is 11.2 Å². The maximum absolute atomic E-state index is 12.1. The molecular weight excluding hydrogens is 278 g/mol. The number of aliphatic imine (C=N–C) groups is 1. The number of amidine groups is 1. The van der Waals surface area contributed by atoms with E-state index in [0.29, 0.717) is 19.6 Å². The summed E-state index contributed by atoms with van der Waals surface area (Å²) in [6, 6.07) is 10.3. The van der Waals surface area contributed by atoms with Gasteiger partial charge in [-0.05, 0) is 32.8 Å². The van der Waals surface area contributed by atoms with Crippen LogP contribution >= 0.6 is 0 Å². The van der Waals surface area contributed by atoms with Gasteiger partial charge in [-0.25, -0.2) is 4.79 Å².